The van der Waals surface area contributed by atoms with Gasteiger partial charge in [0.1, 0.15) is 0 Å². The maximum Gasteiger partial charge on any atom is 0.0554 e. The van der Waals surface area contributed by atoms with Gasteiger partial charge in [-0.3, -0.25) is 0 Å². The summed E-state index contributed by atoms with van der Waals surface area (Å²) in [6.07, 6.45) is 4.46. The molecule has 0 bridgehead atoms. The zero-order valence-electron chi connectivity index (χ0n) is 8.28. The molecule has 1 fully saturated rings. The van der Waals surface area contributed by atoms with Gasteiger partial charge in [-0.1, -0.05) is 18.9 Å². The molecule has 0 spiro atoms. The fourth-order valence-corrected chi connectivity index (χ4v) is 3.34. The average Bonchev–Trinajstić information content (AvgIpc) is 2.72. The predicted molar refractivity (Wildman–Crippen MR) is 59.2 cm³/mol. The van der Waals surface area contributed by atoms with Crippen molar-refractivity contribution >= 4 is 11.3 Å². The van der Waals surface area contributed by atoms with Crippen molar-refractivity contribution in [3.05, 3.63) is 22.4 Å². The molecule has 0 saturated heterocycles. The molecule has 2 unspecified atom stereocenters. The van der Waals surface area contributed by atoms with E-state index in [2.05, 4.69) is 11.4 Å². The summed E-state index contributed by atoms with van der Waals surface area (Å²) in [6.45, 7) is 0.217. The van der Waals surface area contributed by atoms with Crippen LogP contribution < -0.4 is 5.73 Å². The molecule has 1 heterocycles. The Hall–Kier alpha value is -0.380. The van der Waals surface area contributed by atoms with Crippen molar-refractivity contribution in [1.29, 1.82) is 0 Å². The third-order valence-corrected chi connectivity index (χ3v) is 4.39. The summed E-state index contributed by atoms with van der Waals surface area (Å²) in [5.41, 5.74) is 6.17. The minimum Gasteiger partial charge on any atom is -0.396 e. The lowest BCUT2D eigenvalue weighted by Crippen LogP contribution is -2.47. The molecular formula is C11H17NOS. The van der Waals surface area contributed by atoms with Gasteiger partial charge < -0.3 is 10.8 Å². The summed E-state index contributed by atoms with van der Waals surface area (Å²) < 4.78 is 0. The zero-order valence-corrected chi connectivity index (χ0v) is 9.09. The lowest BCUT2D eigenvalue weighted by Gasteiger charge is -2.39. The Morgan fingerprint density at radius 1 is 1.57 bits per heavy atom. The molecule has 1 aromatic heterocycles. The van der Waals surface area contributed by atoms with Crippen molar-refractivity contribution in [3.8, 4) is 0 Å². The molecule has 2 nitrogen and oxygen atoms in total. The van der Waals surface area contributed by atoms with Crippen LogP contribution in [0.1, 0.15) is 30.6 Å². The summed E-state index contributed by atoms with van der Waals surface area (Å²) in [5, 5.41) is 11.4. The van der Waals surface area contributed by atoms with Gasteiger partial charge in [-0.05, 0) is 24.3 Å². The minimum atomic E-state index is -0.263. The third-order valence-electron chi connectivity index (χ3n) is 3.32. The largest absolute Gasteiger partial charge is 0.396 e. The van der Waals surface area contributed by atoms with E-state index in [4.69, 9.17) is 5.73 Å². The molecule has 2 atom stereocenters. The van der Waals surface area contributed by atoms with E-state index in [1.807, 2.05) is 6.07 Å². The first-order valence-electron chi connectivity index (χ1n) is 5.21. The molecule has 1 aliphatic carbocycles. The highest BCUT2D eigenvalue weighted by molar-refractivity contribution is 7.10. The molecule has 2 rings (SSSR count). The third kappa shape index (κ3) is 1.60. The van der Waals surface area contributed by atoms with Crippen LogP contribution in [0.15, 0.2) is 17.5 Å². The van der Waals surface area contributed by atoms with Crippen molar-refractivity contribution < 1.29 is 5.11 Å². The standard InChI is InChI=1S/C11H17NOS/c12-11(10-5-3-7-14-10)6-2-1-4-9(11)8-13/h3,5,7,9,13H,1-2,4,6,8,12H2. The van der Waals surface area contributed by atoms with Crippen LogP contribution in [0.4, 0.5) is 0 Å². The number of thiophene rings is 1. The van der Waals surface area contributed by atoms with Gasteiger partial charge in [0.05, 0.1) is 5.54 Å². The number of nitrogens with two attached hydrogens (primary N) is 1. The lowest BCUT2D eigenvalue weighted by molar-refractivity contribution is 0.110. The highest BCUT2D eigenvalue weighted by Gasteiger charge is 2.38. The van der Waals surface area contributed by atoms with Crippen LogP contribution in [-0.4, -0.2) is 11.7 Å². The van der Waals surface area contributed by atoms with Gasteiger partial charge in [0.15, 0.2) is 0 Å². The predicted octanol–water partition coefficient (Wildman–Crippen LogP) is 2.08. The van der Waals surface area contributed by atoms with E-state index in [0.717, 1.165) is 12.8 Å². The molecule has 0 radical (unpaired) electrons. The fraction of sp³-hybridized carbons (Fsp3) is 0.636. The van der Waals surface area contributed by atoms with Gasteiger partial charge >= 0.3 is 0 Å². The van der Waals surface area contributed by atoms with Gasteiger partial charge in [-0.2, -0.15) is 0 Å². The molecule has 0 aromatic carbocycles. The fourth-order valence-electron chi connectivity index (χ4n) is 2.39. The van der Waals surface area contributed by atoms with E-state index >= 15 is 0 Å². The van der Waals surface area contributed by atoms with Gasteiger partial charge in [0, 0.05) is 17.4 Å². The van der Waals surface area contributed by atoms with E-state index in [1.165, 1.54) is 17.7 Å². The maximum absolute atomic E-state index is 9.35. The Bertz CT molecular complexity index is 285. The van der Waals surface area contributed by atoms with Crippen LogP contribution >= 0.6 is 11.3 Å². The van der Waals surface area contributed by atoms with Crippen LogP contribution in [0, 0.1) is 5.92 Å². The van der Waals surface area contributed by atoms with Gasteiger partial charge in [-0.15, -0.1) is 11.3 Å². The normalized spacial score (nSPS) is 33.1. The van der Waals surface area contributed by atoms with Crippen LogP contribution in [0.25, 0.3) is 0 Å². The smallest absolute Gasteiger partial charge is 0.0554 e. The number of hydrogen-bond donors (Lipinski definition) is 2. The second-order valence-electron chi connectivity index (χ2n) is 4.14. The first kappa shape index (κ1) is 10.1. The summed E-state index contributed by atoms with van der Waals surface area (Å²) >= 11 is 1.71. The summed E-state index contributed by atoms with van der Waals surface area (Å²) in [4.78, 5) is 1.23. The Balaban J connectivity index is 2.27. The average molecular weight is 211 g/mol. The molecule has 14 heavy (non-hydrogen) atoms. The topological polar surface area (TPSA) is 46.2 Å². The second-order valence-corrected chi connectivity index (χ2v) is 5.09. The van der Waals surface area contributed by atoms with Crippen LogP contribution in [-0.2, 0) is 5.54 Å². The number of aliphatic hydroxyl groups is 1. The van der Waals surface area contributed by atoms with E-state index < -0.39 is 0 Å². The Kier molecular flexibility index (Phi) is 2.91. The lowest BCUT2D eigenvalue weighted by atomic mass is 9.73. The highest BCUT2D eigenvalue weighted by atomic mass is 32.1. The Morgan fingerprint density at radius 2 is 2.43 bits per heavy atom. The Morgan fingerprint density at radius 3 is 3.07 bits per heavy atom. The van der Waals surface area contributed by atoms with Crippen molar-refractivity contribution in [2.45, 2.75) is 31.2 Å². The molecular weight excluding hydrogens is 194 g/mol. The quantitative estimate of drug-likeness (QED) is 0.786. The molecule has 1 aromatic rings. The van der Waals surface area contributed by atoms with Crippen molar-refractivity contribution in [2.75, 3.05) is 6.61 Å². The SMILES string of the molecule is NC1(c2cccs2)CCCCC1CO. The molecule has 1 saturated carbocycles. The first-order valence-corrected chi connectivity index (χ1v) is 6.09. The molecule has 78 valence electrons. The van der Waals surface area contributed by atoms with Gasteiger partial charge in [0.25, 0.3) is 0 Å². The summed E-state index contributed by atoms with van der Waals surface area (Å²) in [6, 6.07) is 4.14. The van der Waals surface area contributed by atoms with Crippen LogP contribution in [0.2, 0.25) is 0 Å². The maximum atomic E-state index is 9.35. The van der Waals surface area contributed by atoms with E-state index in [1.54, 1.807) is 11.3 Å². The van der Waals surface area contributed by atoms with Crippen LogP contribution in [0.3, 0.4) is 0 Å². The number of aliphatic hydroxyl groups excluding tert-OH is 1. The van der Waals surface area contributed by atoms with Crippen molar-refractivity contribution in [3.63, 3.8) is 0 Å². The van der Waals surface area contributed by atoms with Crippen molar-refractivity contribution in [1.82, 2.24) is 0 Å². The monoisotopic (exact) mass is 211 g/mol. The van der Waals surface area contributed by atoms with Crippen LogP contribution in [0.5, 0.6) is 0 Å². The van der Waals surface area contributed by atoms with Gasteiger partial charge in [-0.25, -0.2) is 0 Å². The first-order chi connectivity index (χ1) is 6.77. The number of rotatable bonds is 2. The van der Waals surface area contributed by atoms with E-state index in [9.17, 15) is 5.11 Å². The molecule has 1 aliphatic rings. The van der Waals surface area contributed by atoms with E-state index in [-0.39, 0.29) is 18.1 Å². The molecule has 3 heteroatoms. The molecule has 0 amide bonds. The summed E-state index contributed by atoms with van der Waals surface area (Å²) in [7, 11) is 0. The zero-order chi connectivity index (χ0) is 10.0. The summed E-state index contributed by atoms with van der Waals surface area (Å²) in [5.74, 6) is 0.245. The van der Waals surface area contributed by atoms with Crippen molar-refractivity contribution in [2.24, 2.45) is 11.7 Å². The molecule has 3 N–H and O–H groups in total. The van der Waals surface area contributed by atoms with E-state index in [0.29, 0.717) is 0 Å². The molecule has 0 aliphatic heterocycles. The number of hydrogen-bond acceptors (Lipinski definition) is 3. The highest BCUT2D eigenvalue weighted by Crippen LogP contribution is 2.41. The van der Waals surface area contributed by atoms with Gasteiger partial charge in [0.2, 0.25) is 0 Å². The minimum absolute atomic E-state index is 0.217. The Labute approximate surface area is 88.8 Å². The second kappa shape index (κ2) is 4.01.